The fourth-order valence-electron chi connectivity index (χ4n) is 1.05. The van der Waals surface area contributed by atoms with Crippen molar-refractivity contribution in [2.45, 2.75) is 6.36 Å². The number of esters is 1. The van der Waals surface area contributed by atoms with Crippen molar-refractivity contribution in [2.75, 3.05) is 14.2 Å². The lowest BCUT2D eigenvalue weighted by Gasteiger charge is -2.12. The predicted octanol–water partition coefficient (Wildman–Crippen LogP) is 2.38. The van der Waals surface area contributed by atoms with E-state index in [0.717, 1.165) is 13.2 Å². The van der Waals surface area contributed by atoms with E-state index in [-0.39, 0.29) is 15.0 Å². The van der Waals surface area contributed by atoms with E-state index in [2.05, 4.69) is 14.5 Å². The molecule has 1 aromatic rings. The number of methoxy groups -OCH3 is 2. The van der Waals surface area contributed by atoms with Gasteiger partial charge in [-0.15, -0.1) is 13.2 Å². The van der Waals surface area contributed by atoms with Crippen molar-refractivity contribution < 1.29 is 32.2 Å². The number of halogens is 4. The number of pyridine rings is 1. The number of aromatic nitrogens is 1. The van der Waals surface area contributed by atoms with Crippen molar-refractivity contribution in [3.8, 4) is 11.8 Å². The van der Waals surface area contributed by atoms with Crippen molar-refractivity contribution in [3.63, 3.8) is 0 Å². The third-order valence-electron chi connectivity index (χ3n) is 1.72. The summed E-state index contributed by atoms with van der Waals surface area (Å²) in [6.07, 6.45) is -4.87. The molecule has 1 aromatic heterocycles. The average Bonchev–Trinajstić information content (AvgIpc) is 2.28. The van der Waals surface area contributed by atoms with Crippen LogP contribution in [0.1, 0.15) is 10.4 Å². The zero-order chi connectivity index (χ0) is 13.9. The summed E-state index contributed by atoms with van der Waals surface area (Å²) in [7, 11) is 2.30. The maximum atomic E-state index is 12.1. The van der Waals surface area contributed by atoms with E-state index >= 15 is 0 Å². The molecule has 0 aliphatic heterocycles. The maximum absolute atomic E-state index is 12.1. The minimum atomic E-state index is -4.87. The van der Waals surface area contributed by atoms with Crippen LogP contribution in [0.25, 0.3) is 0 Å². The van der Waals surface area contributed by atoms with Gasteiger partial charge in [0, 0.05) is 0 Å². The zero-order valence-electron chi connectivity index (χ0n) is 9.17. The lowest BCUT2D eigenvalue weighted by molar-refractivity contribution is -0.276. The number of hydrogen-bond acceptors (Lipinski definition) is 5. The number of hydrogen-bond donors (Lipinski definition) is 0. The molecule has 0 aliphatic rings. The van der Waals surface area contributed by atoms with Crippen molar-refractivity contribution >= 4 is 28.6 Å². The van der Waals surface area contributed by atoms with Gasteiger partial charge in [-0.3, -0.25) is 0 Å². The molecular weight excluding hydrogens is 370 g/mol. The molecule has 0 aromatic carbocycles. The molecule has 0 unspecified atom stereocenters. The zero-order valence-corrected chi connectivity index (χ0v) is 11.3. The molecule has 100 valence electrons. The van der Waals surface area contributed by atoms with Gasteiger partial charge in [0.1, 0.15) is 5.56 Å². The molecule has 0 saturated heterocycles. The summed E-state index contributed by atoms with van der Waals surface area (Å²) < 4.78 is 49.1. The number of alkyl halides is 3. The fourth-order valence-corrected chi connectivity index (χ4v) is 1.59. The number of ether oxygens (including phenoxy) is 3. The molecule has 0 bridgehead atoms. The predicted molar refractivity (Wildman–Crippen MR) is 61.5 cm³/mol. The van der Waals surface area contributed by atoms with E-state index < -0.39 is 18.2 Å². The van der Waals surface area contributed by atoms with Crippen LogP contribution in [0.15, 0.2) is 6.07 Å². The minimum Gasteiger partial charge on any atom is -0.480 e. The Labute approximate surface area is 113 Å². The van der Waals surface area contributed by atoms with Gasteiger partial charge >= 0.3 is 12.3 Å². The van der Waals surface area contributed by atoms with E-state index in [4.69, 9.17) is 4.74 Å². The van der Waals surface area contributed by atoms with E-state index in [1.54, 1.807) is 22.6 Å². The van der Waals surface area contributed by atoms with Crippen LogP contribution < -0.4 is 9.47 Å². The van der Waals surface area contributed by atoms with Crippen LogP contribution in [-0.4, -0.2) is 31.5 Å². The van der Waals surface area contributed by atoms with Crippen LogP contribution in [0, 0.1) is 3.57 Å². The van der Waals surface area contributed by atoms with Gasteiger partial charge in [-0.25, -0.2) is 4.79 Å². The Morgan fingerprint density at radius 2 is 1.94 bits per heavy atom. The van der Waals surface area contributed by atoms with Gasteiger partial charge in [0.15, 0.2) is 0 Å². The summed E-state index contributed by atoms with van der Waals surface area (Å²) in [5.41, 5.74) is -0.0843. The van der Waals surface area contributed by atoms with Crippen LogP contribution in [0.4, 0.5) is 13.2 Å². The Morgan fingerprint density at radius 3 is 2.39 bits per heavy atom. The maximum Gasteiger partial charge on any atom is 0.574 e. The monoisotopic (exact) mass is 377 g/mol. The first-order valence-corrected chi connectivity index (χ1v) is 5.45. The number of nitrogens with zero attached hydrogens (tertiary/aromatic N) is 1. The van der Waals surface area contributed by atoms with Gasteiger partial charge in [0.05, 0.1) is 17.8 Å². The number of carbonyl (C=O) groups excluding carboxylic acids is 1. The number of carbonyl (C=O) groups is 1. The molecule has 18 heavy (non-hydrogen) atoms. The van der Waals surface area contributed by atoms with E-state index in [9.17, 15) is 18.0 Å². The molecule has 0 N–H and O–H groups in total. The summed E-state index contributed by atoms with van der Waals surface area (Å²) >= 11 is 1.56. The van der Waals surface area contributed by atoms with Crippen LogP contribution in [-0.2, 0) is 4.74 Å². The summed E-state index contributed by atoms with van der Waals surface area (Å²) in [6.45, 7) is 0. The molecule has 0 spiro atoms. The second-order valence-corrected chi connectivity index (χ2v) is 4.03. The molecule has 0 saturated carbocycles. The third-order valence-corrected chi connectivity index (χ3v) is 2.49. The van der Waals surface area contributed by atoms with Crippen molar-refractivity contribution in [3.05, 3.63) is 15.2 Å². The third kappa shape index (κ3) is 3.62. The Hall–Kier alpha value is -1.26. The molecule has 0 amide bonds. The molecular formula is C9H7F3INO4. The Kier molecular flexibility index (Phi) is 4.59. The van der Waals surface area contributed by atoms with Gasteiger partial charge in [-0.05, 0) is 28.7 Å². The summed E-state index contributed by atoms with van der Waals surface area (Å²) in [6, 6.07) is 1.14. The van der Waals surface area contributed by atoms with Gasteiger partial charge in [0.2, 0.25) is 11.8 Å². The number of rotatable bonds is 3. The van der Waals surface area contributed by atoms with Crippen LogP contribution in [0.3, 0.4) is 0 Å². The lowest BCUT2D eigenvalue weighted by atomic mass is 10.3. The molecule has 0 fully saturated rings. The SMILES string of the molecule is COC(=O)c1cc(I)c(OC(F)(F)F)nc1OC. The highest BCUT2D eigenvalue weighted by Gasteiger charge is 2.33. The first-order chi connectivity index (χ1) is 8.28. The molecule has 0 atom stereocenters. The second kappa shape index (κ2) is 5.59. The lowest BCUT2D eigenvalue weighted by Crippen LogP contribution is -2.19. The van der Waals surface area contributed by atoms with Crippen molar-refractivity contribution in [1.29, 1.82) is 0 Å². The van der Waals surface area contributed by atoms with E-state index in [1.807, 2.05) is 0 Å². The topological polar surface area (TPSA) is 57.7 Å². The largest absolute Gasteiger partial charge is 0.574 e. The second-order valence-electron chi connectivity index (χ2n) is 2.87. The summed E-state index contributed by atoms with van der Waals surface area (Å²) in [5.74, 6) is -1.76. The van der Waals surface area contributed by atoms with Crippen LogP contribution in [0.2, 0.25) is 0 Å². The van der Waals surface area contributed by atoms with Gasteiger partial charge in [-0.2, -0.15) is 4.98 Å². The Bertz CT molecular complexity index is 464. The molecule has 5 nitrogen and oxygen atoms in total. The van der Waals surface area contributed by atoms with Crippen LogP contribution >= 0.6 is 22.6 Å². The summed E-state index contributed by atoms with van der Waals surface area (Å²) in [5, 5.41) is 0. The fraction of sp³-hybridized carbons (Fsp3) is 0.333. The Balaban J connectivity index is 3.22. The standard InChI is InChI=1S/C9H7F3INO4/c1-16-6-4(8(15)17-2)3-5(13)7(14-6)18-9(10,11)12/h3H,1-2H3. The quantitative estimate of drug-likeness (QED) is 0.598. The molecule has 0 aliphatic carbocycles. The first-order valence-electron chi connectivity index (χ1n) is 4.37. The van der Waals surface area contributed by atoms with Crippen molar-refractivity contribution in [1.82, 2.24) is 4.98 Å². The van der Waals surface area contributed by atoms with E-state index in [1.165, 1.54) is 7.11 Å². The minimum absolute atomic E-state index is 0.00567. The van der Waals surface area contributed by atoms with E-state index in [0.29, 0.717) is 0 Å². The molecule has 0 radical (unpaired) electrons. The highest BCUT2D eigenvalue weighted by Crippen LogP contribution is 2.30. The van der Waals surface area contributed by atoms with Crippen molar-refractivity contribution in [2.24, 2.45) is 0 Å². The van der Waals surface area contributed by atoms with Gasteiger partial charge in [0.25, 0.3) is 0 Å². The smallest absolute Gasteiger partial charge is 0.480 e. The Morgan fingerprint density at radius 1 is 1.33 bits per heavy atom. The highest BCUT2D eigenvalue weighted by atomic mass is 127. The first kappa shape index (κ1) is 14.8. The highest BCUT2D eigenvalue weighted by molar-refractivity contribution is 14.1. The summed E-state index contributed by atoms with van der Waals surface area (Å²) in [4.78, 5) is 14.8. The molecule has 1 heterocycles. The van der Waals surface area contributed by atoms with Gasteiger partial charge in [-0.1, -0.05) is 0 Å². The molecule has 1 rings (SSSR count). The van der Waals surface area contributed by atoms with Crippen LogP contribution in [0.5, 0.6) is 11.8 Å². The average molecular weight is 377 g/mol. The van der Waals surface area contributed by atoms with Gasteiger partial charge < -0.3 is 14.2 Å². The molecule has 9 heteroatoms. The normalized spacial score (nSPS) is 11.0.